The van der Waals surface area contributed by atoms with Gasteiger partial charge < -0.3 is 24.8 Å². The Balaban J connectivity index is 1.78. The second kappa shape index (κ2) is 14.2. The number of carboxylic acids is 2. The predicted octanol–water partition coefficient (Wildman–Crippen LogP) is 4.55. The van der Waals surface area contributed by atoms with Crippen LogP contribution in [0.4, 0.5) is 0 Å². The van der Waals surface area contributed by atoms with E-state index >= 15 is 0 Å². The zero-order chi connectivity index (χ0) is 30.0. The van der Waals surface area contributed by atoms with Gasteiger partial charge in [0.25, 0.3) is 0 Å². The van der Waals surface area contributed by atoms with Gasteiger partial charge in [0.05, 0.1) is 12.8 Å². The van der Waals surface area contributed by atoms with Crippen LogP contribution in [0.2, 0.25) is 0 Å². The van der Waals surface area contributed by atoms with Crippen molar-refractivity contribution >= 4 is 29.1 Å². The molecule has 0 radical (unpaired) electrons. The number of carbonyl (C=O) groups is 3. The van der Waals surface area contributed by atoms with E-state index in [-0.39, 0.29) is 6.61 Å². The standard InChI is InChI=1S/C32H35NO8/c1-4-26(22-11-7-5-8-12-22)30(23-13-9-6-10-14-23)24-15-17-25(18-16-24)40-21-27(33(2)3)41-29(36)20-32(39,31(37)38)19-28(34)35/h5-18,27,39H,4,19-21H2,1-3H3,(H,34,35)(H,37,38). The van der Waals surface area contributed by atoms with Gasteiger partial charge >= 0.3 is 17.9 Å². The average molecular weight is 562 g/mol. The third-order valence-electron chi connectivity index (χ3n) is 6.50. The number of rotatable bonds is 14. The number of hydrogen-bond acceptors (Lipinski definition) is 7. The maximum Gasteiger partial charge on any atom is 0.336 e. The van der Waals surface area contributed by atoms with Crippen molar-refractivity contribution in [3.8, 4) is 5.75 Å². The van der Waals surface area contributed by atoms with Crippen molar-refractivity contribution in [1.29, 1.82) is 0 Å². The minimum absolute atomic E-state index is 0.0892. The number of hydrogen-bond donors (Lipinski definition) is 3. The van der Waals surface area contributed by atoms with Crippen LogP contribution in [0.15, 0.2) is 84.9 Å². The molecule has 0 fully saturated rings. The number of benzene rings is 3. The van der Waals surface area contributed by atoms with Crippen LogP contribution in [-0.2, 0) is 19.1 Å². The first-order valence-corrected chi connectivity index (χ1v) is 13.1. The molecule has 0 saturated carbocycles. The molecular formula is C32H35NO8. The molecule has 216 valence electrons. The smallest absolute Gasteiger partial charge is 0.336 e. The van der Waals surface area contributed by atoms with Crippen LogP contribution >= 0.6 is 0 Å². The Hall–Kier alpha value is -4.47. The van der Waals surface area contributed by atoms with E-state index in [1.165, 1.54) is 5.57 Å². The van der Waals surface area contributed by atoms with Crippen LogP contribution in [0.25, 0.3) is 11.1 Å². The van der Waals surface area contributed by atoms with Gasteiger partial charge in [0.1, 0.15) is 12.4 Å². The number of aliphatic hydroxyl groups is 1. The predicted molar refractivity (Wildman–Crippen MR) is 154 cm³/mol. The topological polar surface area (TPSA) is 134 Å². The second-order valence-corrected chi connectivity index (χ2v) is 9.77. The molecule has 0 aliphatic rings. The fourth-order valence-electron chi connectivity index (χ4n) is 4.35. The van der Waals surface area contributed by atoms with Gasteiger partial charge in [0.15, 0.2) is 11.8 Å². The van der Waals surface area contributed by atoms with Crippen molar-refractivity contribution in [3.63, 3.8) is 0 Å². The highest BCUT2D eigenvalue weighted by Gasteiger charge is 2.42. The summed E-state index contributed by atoms with van der Waals surface area (Å²) in [5.74, 6) is -3.93. The van der Waals surface area contributed by atoms with Gasteiger partial charge in [-0.15, -0.1) is 0 Å². The van der Waals surface area contributed by atoms with Crippen molar-refractivity contribution in [2.45, 2.75) is 38.0 Å². The molecule has 41 heavy (non-hydrogen) atoms. The highest BCUT2D eigenvalue weighted by molar-refractivity contribution is 5.98. The number of carbonyl (C=O) groups excluding carboxylic acids is 1. The summed E-state index contributed by atoms with van der Waals surface area (Å²) in [6.07, 6.45) is -2.26. The molecule has 3 rings (SSSR count). The van der Waals surface area contributed by atoms with Gasteiger partial charge in [0.2, 0.25) is 0 Å². The Bertz CT molecular complexity index is 1350. The van der Waals surface area contributed by atoms with Crippen molar-refractivity contribution in [1.82, 2.24) is 4.90 Å². The van der Waals surface area contributed by atoms with Crippen molar-refractivity contribution in [2.75, 3.05) is 20.7 Å². The van der Waals surface area contributed by atoms with E-state index in [0.29, 0.717) is 5.75 Å². The first-order valence-electron chi connectivity index (χ1n) is 13.1. The van der Waals surface area contributed by atoms with Crippen molar-refractivity contribution in [2.24, 2.45) is 0 Å². The van der Waals surface area contributed by atoms with Crippen LogP contribution < -0.4 is 4.74 Å². The van der Waals surface area contributed by atoms with Crippen molar-refractivity contribution in [3.05, 3.63) is 102 Å². The first-order chi connectivity index (χ1) is 19.5. The molecule has 0 aromatic heterocycles. The summed E-state index contributed by atoms with van der Waals surface area (Å²) < 4.78 is 11.2. The molecule has 0 aliphatic carbocycles. The second-order valence-electron chi connectivity index (χ2n) is 9.77. The van der Waals surface area contributed by atoms with E-state index in [2.05, 4.69) is 31.2 Å². The molecule has 9 nitrogen and oxygen atoms in total. The first kappa shape index (κ1) is 31.1. The van der Waals surface area contributed by atoms with Gasteiger partial charge in [-0.1, -0.05) is 79.7 Å². The molecule has 0 aliphatic heterocycles. The maximum absolute atomic E-state index is 12.4. The lowest BCUT2D eigenvalue weighted by Crippen LogP contribution is -2.45. The quantitative estimate of drug-likeness (QED) is 0.147. The Labute approximate surface area is 239 Å². The minimum Gasteiger partial charge on any atom is -0.488 e. The van der Waals surface area contributed by atoms with E-state index in [1.54, 1.807) is 19.0 Å². The summed E-state index contributed by atoms with van der Waals surface area (Å²) in [7, 11) is 3.27. The van der Waals surface area contributed by atoms with Crippen LogP contribution in [0.1, 0.15) is 42.9 Å². The summed E-state index contributed by atoms with van der Waals surface area (Å²) in [6.45, 7) is 2.04. The van der Waals surface area contributed by atoms with Gasteiger partial charge in [-0.05, 0) is 60.5 Å². The van der Waals surface area contributed by atoms with E-state index in [9.17, 15) is 24.6 Å². The Kier molecular flexibility index (Phi) is 10.8. The van der Waals surface area contributed by atoms with E-state index < -0.39 is 42.6 Å². The normalized spacial score (nSPS) is 14.0. The molecule has 2 unspecified atom stereocenters. The number of carboxylic acid groups (broad SMARTS) is 2. The molecule has 3 aromatic rings. The van der Waals surface area contributed by atoms with E-state index in [1.807, 2.05) is 60.7 Å². The molecule has 3 N–H and O–H groups in total. The lowest BCUT2D eigenvalue weighted by molar-refractivity contribution is -0.177. The third-order valence-corrected chi connectivity index (χ3v) is 6.50. The zero-order valence-electron chi connectivity index (χ0n) is 23.3. The Morgan fingerprint density at radius 2 is 1.34 bits per heavy atom. The van der Waals surface area contributed by atoms with Gasteiger partial charge in [0, 0.05) is 0 Å². The fourth-order valence-corrected chi connectivity index (χ4v) is 4.35. The molecule has 3 aromatic carbocycles. The number of nitrogens with zero attached hydrogens (tertiary/aromatic N) is 1. The van der Waals surface area contributed by atoms with Crippen LogP contribution in [0.3, 0.4) is 0 Å². The zero-order valence-corrected chi connectivity index (χ0v) is 23.3. The van der Waals surface area contributed by atoms with Crippen LogP contribution in [-0.4, -0.2) is 70.7 Å². The summed E-state index contributed by atoms with van der Waals surface area (Å²) in [6, 6.07) is 28.0. The number of likely N-dealkylation sites (N-methyl/N-ethyl adjacent to an activating group) is 1. The molecule has 0 saturated heterocycles. The van der Waals surface area contributed by atoms with Crippen molar-refractivity contribution < 1.29 is 39.2 Å². The minimum atomic E-state index is -2.78. The highest BCUT2D eigenvalue weighted by atomic mass is 16.6. The number of ether oxygens (including phenoxy) is 2. The molecular weight excluding hydrogens is 526 g/mol. The summed E-state index contributed by atoms with van der Waals surface area (Å²) in [4.78, 5) is 36.3. The summed E-state index contributed by atoms with van der Waals surface area (Å²) in [5.41, 5.74) is 2.77. The van der Waals surface area contributed by atoms with Gasteiger partial charge in [-0.25, -0.2) is 4.79 Å². The monoisotopic (exact) mass is 561 g/mol. The average Bonchev–Trinajstić information content (AvgIpc) is 2.94. The SMILES string of the molecule is CCC(=C(c1ccccc1)c1ccc(OCC(OC(=O)CC(O)(CC(=O)O)C(=O)O)N(C)C)cc1)c1ccccc1. The van der Waals surface area contributed by atoms with Crippen LogP contribution in [0.5, 0.6) is 5.75 Å². The summed E-state index contributed by atoms with van der Waals surface area (Å²) in [5, 5.41) is 28.3. The molecule has 0 spiro atoms. The van der Waals surface area contributed by atoms with E-state index in [4.69, 9.17) is 14.6 Å². The Morgan fingerprint density at radius 3 is 1.83 bits per heavy atom. The molecule has 0 heterocycles. The highest BCUT2D eigenvalue weighted by Crippen LogP contribution is 2.35. The molecule has 2 atom stereocenters. The lowest BCUT2D eigenvalue weighted by Gasteiger charge is -2.26. The van der Waals surface area contributed by atoms with Gasteiger partial charge in [-0.3, -0.25) is 14.5 Å². The Morgan fingerprint density at radius 1 is 0.805 bits per heavy atom. The number of esters is 1. The number of allylic oxidation sites excluding steroid dienone is 1. The number of aliphatic carboxylic acids is 2. The third kappa shape index (κ3) is 8.51. The van der Waals surface area contributed by atoms with Gasteiger partial charge in [-0.2, -0.15) is 0 Å². The lowest BCUT2D eigenvalue weighted by atomic mass is 9.88. The molecule has 9 heteroatoms. The fraction of sp³-hybridized carbons (Fsp3) is 0.281. The van der Waals surface area contributed by atoms with Crippen LogP contribution in [0, 0.1) is 0 Å². The van der Waals surface area contributed by atoms with E-state index in [0.717, 1.165) is 28.7 Å². The maximum atomic E-state index is 12.4. The molecule has 0 amide bonds. The molecule has 0 bridgehead atoms. The summed E-state index contributed by atoms with van der Waals surface area (Å²) >= 11 is 0. The largest absolute Gasteiger partial charge is 0.488 e.